The molecule has 0 aromatic carbocycles. The van der Waals surface area contributed by atoms with Crippen LogP contribution in [0.3, 0.4) is 0 Å². The van der Waals surface area contributed by atoms with Crippen LogP contribution < -0.4 is 0 Å². The Morgan fingerprint density at radius 3 is 2.44 bits per heavy atom. The molecule has 0 bridgehead atoms. The maximum Gasteiger partial charge on any atom is 0.397 e. The van der Waals surface area contributed by atoms with Crippen LogP contribution in [0.5, 0.6) is 0 Å². The molecular formula is C29H50O4S. The van der Waals surface area contributed by atoms with Crippen LogP contribution in [-0.2, 0) is 14.6 Å². The van der Waals surface area contributed by atoms with Gasteiger partial charge in [-0.25, -0.2) is 4.18 Å². The van der Waals surface area contributed by atoms with Crippen LogP contribution in [-0.4, -0.2) is 19.1 Å². The van der Waals surface area contributed by atoms with Crippen LogP contribution in [0.25, 0.3) is 0 Å². The molecule has 34 heavy (non-hydrogen) atoms. The van der Waals surface area contributed by atoms with Crippen molar-refractivity contribution in [2.75, 3.05) is 0 Å². The first-order valence-electron chi connectivity index (χ1n) is 14.2. The SMILES string of the molecule is CCC(CC[C@@H](C)[C@H]1CC[C@H]2[C@@H]3CC=C4C[C@@H](OS(=O)(=O)O)CC[C@]4(C)[C@H]3CC[C@]12C)C(C)C. The number of fused-ring (bicyclic) bond motifs is 5. The largest absolute Gasteiger partial charge is 0.397 e. The van der Waals surface area contributed by atoms with Gasteiger partial charge in [-0.2, -0.15) is 8.42 Å². The van der Waals surface area contributed by atoms with Gasteiger partial charge in [-0.05, 0) is 110 Å². The molecule has 5 heteroatoms. The average Bonchev–Trinajstić information content (AvgIpc) is 3.10. The highest BCUT2D eigenvalue weighted by Gasteiger charge is 2.59. The van der Waals surface area contributed by atoms with E-state index in [4.69, 9.17) is 8.74 Å². The third-order valence-electron chi connectivity index (χ3n) is 11.5. The van der Waals surface area contributed by atoms with Gasteiger partial charge in [-0.15, -0.1) is 0 Å². The Hall–Kier alpha value is -0.390. The zero-order chi connectivity index (χ0) is 24.9. The maximum atomic E-state index is 11.3. The molecule has 9 atom stereocenters. The van der Waals surface area contributed by atoms with Gasteiger partial charge in [0.15, 0.2) is 0 Å². The van der Waals surface area contributed by atoms with Gasteiger partial charge < -0.3 is 0 Å². The van der Waals surface area contributed by atoms with Gasteiger partial charge in [-0.3, -0.25) is 4.55 Å². The van der Waals surface area contributed by atoms with E-state index in [2.05, 4.69) is 47.6 Å². The van der Waals surface area contributed by atoms with E-state index in [1.165, 1.54) is 50.5 Å². The van der Waals surface area contributed by atoms with Gasteiger partial charge in [0.25, 0.3) is 0 Å². The van der Waals surface area contributed by atoms with Crippen LogP contribution in [0.4, 0.5) is 0 Å². The minimum Gasteiger partial charge on any atom is -0.264 e. The molecule has 4 nitrogen and oxygen atoms in total. The standard InChI is InChI=1S/C29H50O4S/c1-7-21(19(2)3)9-8-20(4)25-12-13-26-24-11-10-22-18-23(33-34(30,31)32)14-16-28(22,5)27(24)15-17-29(25,26)6/h10,19-21,23-27H,7-9,11-18H2,1-6H3,(H,30,31,32)/t20-,21?,23+,24+,25-,26+,27+,28+,29-/m1/s1. The van der Waals surface area contributed by atoms with Crippen molar-refractivity contribution in [3.05, 3.63) is 11.6 Å². The van der Waals surface area contributed by atoms with E-state index in [1.807, 2.05) is 0 Å². The predicted molar refractivity (Wildman–Crippen MR) is 139 cm³/mol. The summed E-state index contributed by atoms with van der Waals surface area (Å²) in [6.45, 7) is 14.8. The molecule has 0 radical (unpaired) electrons. The van der Waals surface area contributed by atoms with Crippen LogP contribution in [0, 0.1) is 52.3 Å². The summed E-state index contributed by atoms with van der Waals surface area (Å²) in [4.78, 5) is 0. The molecule has 0 saturated heterocycles. The van der Waals surface area contributed by atoms with Crippen molar-refractivity contribution in [1.29, 1.82) is 0 Å². The Bertz CT molecular complexity index is 863. The highest BCUT2D eigenvalue weighted by Crippen LogP contribution is 2.67. The van der Waals surface area contributed by atoms with Crippen molar-refractivity contribution < 1.29 is 17.2 Å². The van der Waals surface area contributed by atoms with Gasteiger partial charge in [0.1, 0.15) is 0 Å². The Morgan fingerprint density at radius 2 is 1.79 bits per heavy atom. The maximum absolute atomic E-state index is 11.3. The lowest BCUT2D eigenvalue weighted by atomic mass is 9.47. The molecule has 3 saturated carbocycles. The van der Waals surface area contributed by atoms with Crippen molar-refractivity contribution >= 4 is 10.4 Å². The fourth-order valence-electron chi connectivity index (χ4n) is 9.54. The molecule has 0 spiro atoms. The Labute approximate surface area is 209 Å². The molecule has 4 aliphatic rings. The lowest BCUT2D eigenvalue weighted by Gasteiger charge is -2.58. The second-order valence-electron chi connectivity index (χ2n) is 13.3. The molecule has 4 aliphatic carbocycles. The number of hydrogen-bond acceptors (Lipinski definition) is 3. The Balaban J connectivity index is 1.46. The molecule has 4 rings (SSSR count). The monoisotopic (exact) mass is 494 g/mol. The Morgan fingerprint density at radius 1 is 1.06 bits per heavy atom. The van der Waals surface area contributed by atoms with Crippen LogP contribution in [0.15, 0.2) is 11.6 Å². The quantitative estimate of drug-likeness (QED) is 0.276. The van der Waals surface area contributed by atoms with E-state index in [-0.39, 0.29) is 5.41 Å². The normalized spacial score (nSPS) is 41.9. The topological polar surface area (TPSA) is 63.6 Å². The summed E-state index contributed by atoms with van der Waals surface area (Å²) in [6.07, 6.45) is 15.0. The molecule has 1 N–H and O–H groups in total. The average molecular weight is 495 g/mol. The molecule has 0 aliphatic heterocycles. The van der Waals surface area contributed by atoms with Crippen LogP contribution in [0.2, 0.25) is 0 Å². The predicted octanol–water partition coefficient (Wildman–Crippen LogP) is 7.85. The smallest absolute Gasteiger partial charge is 0.264 e. The van der Waals surface area contributed by atoms with Crippen molar-refractivity contribution in [3.8, 4) is 0 Å². The number of allylic oxidation sites excluding steroid dienone is 1. The fourth-order valence-corrected chi connectivity index (χ4v) is 10.1. The summed E-state index contributed by atoms with van der Waals surface area (Å²) < 4.78 is 36.7. The molecule has 196 valence electrons. The van der Waals surface area contributed by atoms with Gasteiger partial charge in [0, 0.05) is 0 Å². The molecule has 0 heterocycles. The summed E-state index contributed by atoms with van der Waals surface area (Å²) in [5.74, 6) is 5.64. The molecule has 0 aromatic rings. The highest BCUT2D eigenvalue weighted by molar-refractivity contribution is 7.80. The minimum atomic E-state index is -4.38. The second-order valence-corrected chi connectivity index (χ2v) is 14.4. The zero-order valence-electron chi connectivity index (χ0n) is 22.6. The van der Waals surface area contributed by atoms with Crippen molar-refractivity contribution in [3.63, 3.8) is 0 Å². The van der Waals surface area contributed by atoms with E-state index >= 15 is 0 Å². The lowest BCUT2D eigenvalue weighted by molar-refractivity contribution is -0.0563. The summed E-state index contributed by atoms with van der Waals surface area (Å²) in [5, 5.41) is 0. The van der Waals surface area contributed by atoms with Gasteiger partial charge in [-0.1, -0.05) is 66.0 Å². The summed E-state index contributed by atoms with van der Waals surface area (Å²) in [6, 6.07) is 0. The molecule has 1 unspecified atom stereocenters. The van der Waals surface area contributed by atoms with E-state index in [1.54, 1.807) is 0 Å². The van der Waals surface area contributed by atoms with Gasteiger partial charge in [0.2, 0.25) is 0 Å². The number of rotatable bonds is 8. The minimum absolute atomic E-state index is 0.165. The van der Waals surface area contributed by atoms with Gasteiger partial charge in [0.05, 0.1) is 6.10 Å². The van der Waals surface area contributed by atoms with Crippen LogP contribution in [0.1, 0.15) is 112 Å². The van der Waals surface area contributed by atoms with E-state index in [0.717, 1.165) is 48.3 Å². The molecular weight excluding hydrogens is 444 g/mol. The lowest BCUT2D eigenvalue weighted by Crippen LogP contribution is -2.51. The fraction of sp³-hybridized carbons (Fsp3) is 0.931. The van der Waals surface area contributed by atoms with Crippen molar-refractivity contribution in [2.45, 2.75) is 118 Å². The van der Waals surface area contributed by atoms with E-state index < -0.39 is 16.5 Å². The molecule has 0 aromatic heterocycles. The molecule has 3 fully saturated rings. The third kappa shape index (κ3) is 4.92. The first-order chi connectivity index (χ1) is 15.9. The van der Waals surface area contributed by atoms with Crippen LogP contribution >= 0.6 is 0 Å². The van der Waals surface area contributed by atoms with Crippen molar-refractivity contribution in [1.82, 2.24) is 0 Å². The van der Waals surface area contributed by atoms with E-state index in [9.17, 15) is 8.42 Å². The molecule has 0 amide bonds. The second kappa shape index (κ2) is 9.82. The first kappa shape index (κ1) is 26.7. The number of hydrogen-bond donors (Lipinski definition) is 1. The summed E-state index contributed by atoms with van der Waals surface area (Å²) >= 11 is 0. The van der Waals surface area contributed by atoms with Gasteiger partial charge >= 0.3 is 10.4 Å². The zero-order valence-corrected chi connectivity index (χ0v) is 23.4. The van der Waals surface area contributed by atoms with Crippen molar-refractivity contribution in [2.24, 2.45) is 52.3 Å². The Kier molecular flexibility index (Phi) is 7.70. The highest BCUT2D eigenvalue weighted by atomic mass is 32.3. The first-order valence-corrected chi connectivity index (χ1v) is 15.6. The third-order valence-corrected chi connectivity index (χ3v) is 12.1. The van der Waals surface area contributed by atoms with E-state index in [0.29, 0.717) is 24.2 Å². The summed E-state index contributed by atoms with van der Waals surface area (Å²) in [7, 11) is -4.38. The summed E-state index contributed by atoms with van der Waals surface area (Å²) in [5.41, 5.74) is 2.03.